The first-order valence-electron chi connectivity index (χ1n) is 14.1. The van der Waals surface area contributed by atoms with Crippen molar-refractivity contribution in [3.05, 3.63) is 90.6 Å². The maximum absolute atomic E-state index is 12.4. The normalized spacial score (nSPS) is 16.8. The van der Waals surface area contributed by atoms with Crippen molar-refractivity contribution < 1.29 is 14.3 Å². The lowest BCUT2D eigenvalue weighted by Gasteiger charge is -2.30. The minimum Gasteiger partial charge on any atom is -0.487 e. The number of amides is 1. The van der Waals surface area contributed by atoms with E-state index in [0.717, 1.165) is 72.1 Å². The number of nitrogens with one attached hydrogen (secondary N) is 3. The highest BCUT2D eigenvalue weighted by Gasteiger charge is 2.22. The Hall–Kier alpha value is -4.47. The van der Waals surface area contributed by atoms with Gasteiger partial charge in [0.15, 0.2) is 0 Å². The molecule has 2 fully saturated rings. The number of aromatic nitrogens is 2. The summed E-state index contributed by atoms with van der Waals surface area (Å²) in [6.07, 6.45) is 3.64. The molecule has 6 rings (SSSR count). The van der Waals surface area contributed by atoms with Gasteiger partial charge in [-0.1, -0.05) is 42.5 Å². The summed E-state index contributed by atoms with van der Waals surface area (Å²) in [4.78, 5) is 23.9. The van der Waals surface area contributed by atoms with Crippen molar-refractivity contribution in [2.75, 3.05) is 48.4 Å². The van der Waals surface area contributed by atoms with Gasteiger partial charge in [0.2, 0.25) is 11.9 Å². The average molecular weight is 551 g/mol. The van der Waals surface area contributed by atoms with E-state index in [1.165, 1.54) is 0 Å². The summed E-state index contributed by atoms with van der Waals surface area (Å²) in [5, 5.41) is 9.56. The number of carbonyl (C=O) groups excluding carboxylic acids is 1. The zero-order chi connectivity index (χ0) is 27.9. The Balaban J connectivity index is 1.17. The zero-order valence-electron chi connectivity index (χ0n) is 22.9. The number of hydrogen-bond donors (Lipinski definition) is 3. The molecule has 0 bridgehead atoms. The summed E-state index contributed by atoms with van der Waals surface area (Å²) < 4.78 is 11.9. The number of benzene rings is 3. The standard InChI is InChI=1S/C32H34N6O3/c39-31(28-7-4-15-33-28)35-25-10-8-24(9-11-25)27-14-16-34-32(37-27)36-26-12-13-29(38-17-19-40-20-18-38)30(21-26)41-22-23-5-2-1-3-6-23/h1-3,5-6,8-14,16,21,28,33H,4,7,15,17-20,22H2,(H,35,39)(H,34,36,37)/t28-/m1/s1. The highest BCUT2D eigenvalue weighted by atomic mass is 16.5. The number of rotatable bonds is 9. The van der Waals surface area contributed by atoms with E-state index in [4.69, 9.17) is 14.5 Å². The Morgan fingerprint density at radius 2 is 1.80 bits per heavy atom. The van der Waals surface area contributed by atoms with Crippen LogP contribution in [0.15, 0.2) is 85.1 Å². The van der Waals surface area contributed by atoms with Gasteiger partial charge in [0.05, 0.1) is 30.6 Å². The molecule has 9 nitrogen and oxygen atoms in total. The van der Waals surface area contributed by atoms with Gasteiger partial charge in [-0.2, -0.15) is 0 Å². The molecule has 3 N–H and O–H groups in total. The average Bonchev–Trinajstić information content (AvgIpc) is 3.57. The van der Waals surface area contributed by atoms with Crippen molar-refractivity contribution in [1.29, 1.82) is 0 Å². The van der Waals surface area contributed by atoms with Crippen LogP contribution in [0.2, 0.25) is 0 Å². The molecule has 0 saturated carbocycles. The summed E-state index contributed by atoms with van der Waals surface area (Å²) in [5.74, 6) is 1.29. The van der Waals surface area contributed by atoms with Crippen LogP contribution in [0.3, 0.4) is 0 Å². The van der Waals surface area contributed by atoms with Gasteiger partial charge in [-0.3, -0.25) is 4.79 Å². The third kappa shape index (κ3) is 6.82. The maximum atomic E-state index is 12.4. The number of morpholine rings is 1. The molecule has 0 aliphatic carbocycles. The SMILES string of the molecule is O=C(Nc1ccc(-c2ccnc(Nc3ccc(N4CCOCC4)c(OCc4ccccc4)c3)n2)cc1)[C@H]1CCCN1. The van der Waals surface area contributed by atoms with Crippen LogP contribution in [0.1, 0.15) is 18.4 Å². The molecule has 1 atom stereocenters. The first-order chi connectivity index (χ1) is 20.2. The van der Waals surface area contributed by atoms with Crippen LogP contribution in [0.4, 0.5) is 23.0 Å². The Labute approximate surface area is 239 Å². The molecular weight excluding hydrogens is 516 g/mol. The fourth-order valence-electron chi connectivity index (χ4n) is 5.08. The second-order valence-electron chi connectivity index (χ2n) is 10.2. The lowest BCUT2D eigenvalue weighted by Crippen LogP contribution is -2.36. The largest absolute Gasteiger partial charge is 0.487 e. The van der Waals surface area contributed by atoms with Gasteiger partial charge in [-0.25, -0.2) is 9.97 Å². The minimum absolute atomic E-state index is 0.00975. The molecule has 9 heteroatoms. The smallest absolute Gasteiger partial charge is 0.241 e. The first kappa shape index (κ1) is 26.7. The number of hydrogen-bond acceptors (Lipinski definition) is 8. The molecule has 1 aromatic heterocycles. The van der Waals surface area contributed by atoms with Crippen LogP contribution in [-0.4, -0.2) is 54.8 Å². The van der Waals surface area contributed by atoms with Gasteiger partial charge in [-0.05, 0) is 55.3 Å². The van der Waals surface area contributed by atoms with Crippen molar-refractivity contribution in [2.45, 2.75) is 25.5 Å². The fraction of sp³-hybridized carbons (Fsp3) is 0.281. The molecule has 3 heterocycles. The van der Waals surface area contributed by atoms with E-state index < -0.39 is 0 Å². The van der Waals surface area contributed by atoms with E-state index in [1.807, 2.05) is 60.7 Å². The molecule has 210 valence electrons. The third-order valence-electron chi connectivity index (χ3n) is 7.29. The van der Waals surface area contributed by atoms with Crippen LogP contribution >= 0.6 is 0 Å². The molecule has 3 aromatic carbocycles. The van der Waals surface area contributed by atoms with E-state index in [-0.39, 0.29) is 11.9 Å². The molecule has 0 unspecified atom stereocenters. The molecule has 1 amide bonds. The van der Waals surface area contributed by atoms with Crippen molar-refractivity contribution >= 4 is 28.9 Å². The summed E-state index contributed by atoms with van der Waals surface area (Å²) >= 11 is 0. The number of carbonyl (C=O) groups is 1. The van der Waals surface area contributed by atoms with Gasteiger partial charge >= 0.3 is 0 Å². The second kappa shape index (κ2) is 12.8. The highest BCUT2D eigenvalue weighted by Crippen LogP contribution is 2.34. The zero-order valence-corrected chi connectivity index (χ0v) is 22.9. The van der Waals surface area contributed by atoms with Crippen molar-refractivity contribution in [3.8, 4) is 17.0 Å². The van der Waals surface area contributed by atoms with Crippen LogP contribution in [-0.2, 0) is 16.1 Å². The maximum Gasteiger partial charge on any atom is 0.241 e. The third-order valence-corrected chi connectivity index (χ3v) is 7.29. The van der Waals surface area contributed by atoms with E-state index in [2.05, 4.69) is 44.0 Å². The number of ether oxygens (including phenoxy) is 2. The quantitative estimate of drug-likeness (QED) is 0.268. The summed E-state index contributed by atoms with van der Waals surface area (Å²) in [6.45, 7) is 4.40. The predicted octanol–water partition coefficient (Wildman–Crippen LogP) is 4.99. The van der Waals surface area contributed by atoms with Crippen LogP contribution in [0, 0.1) is 0 Å². The number of anilines is 4. The van der Waals surface area contributed by atoms with E-state index in [0.29, 0.717) is 25.8 Å². The van der Waals surface area contributed by atoms with Crippen molar-refractivity contribution in [2.24, 2.45) is 0 Å². The van der Waals surface area contributed by atoms with Crippen molar-refractivity contribution in [3.63, 3.8) is 0 Å². The lowest BCUT2D eigenvalue weighted by atomic mass is 10.1. The molecule has 41 heavy (non-hydrogen) atoms. The van der Waals surface area contributed by atoms with E-state index in [1.54, 1.807) is 6.20 Å². The molecule has 2 saturated heterocycles. The molecule has 2 aliphatic heterocycles. The Morgan fingerprint density at radius 1 is 1.00 bits per heavy atom. The van der Waals surface area contributed by atoms with Gasteiger partial charge < -0.3 is 30.3 Å². The second-order valence-corrected chi connectivity index (χ2v) is 10.2. The molecular formula is C32H34N6O3. The van der Waals surface area contributed by atoms with Crippen LogP contribution in [0.5, 0.6) is 5.75 Å². The van der Waals surface area contributed by atoms with E-state index in [9.17, 15) is 4.79 Å². The Kier molecular flexibility index (Phi) is 8.35. The van der Waals surface area contributed by atoms with Gasteiger partial charge in [-0.15, -0.1) is 0 Å². The molecule has 0 spiro atoms. The summed E-state index contributed by atoms with van der Waals surface area (Å²) in [5.41, 5.74) is 5.46. The van der Waals surface area contributed by atoms with Crippen LogP contribution < -0.4 is 25.6 Å². The first-order valence-corrected chi connectivity index (χ1v) is 14.1. The van der Waals surface area contributed by atoms with Gasteiger partial charge in [0, 0.05) is 42.3 Å². The van der Waals surface area contributed by atoms with Gasteiger partial charge in [0.1, 0.15) is 12.4 Å². The fourth-order valence-corrected chi connectivity index (χ4v) is 5.08. The monoisotopic (exact) mass is 550 g/mol. The Bertz CT molecular complexity index is 1450. The molecule has 4 aromatic rings. The minimum atomic E-state index is -0.114. The summed E-state index contributed by atoms with van der Waals surface area (Å²) in [6, 6.07) is 25.7. The molecule has 2 aliphatic rings. The summed E-state index contributed by atoms with van der Waals surface area (Å²) in [7, 11) is 0. The molecule has 0 radical (unpaired) electrons. The lowest BCUT2D eigenvalue weighted by molar-refractivity contribution is -0.117. The predicted molar refractivity (Wildman–Crippen MR) is 161 cm³/mol. The Morgan fingerprint density at radius 3 is 2.59 bits per heavy atom. The van der Waals surface area contributed by atoms with Crippen LogP contribution in [0.25, 0.3) is 11.3 Å². The van der Waals surface area contributed by atoms with Crippen molar-refractivity contribution in [1.82, 2.24) is 15.3 Å². The topological polar surface area (TPSA) is 101 Å². The highest BCUT2D eigenvalue weighted by molar-refractivity contribution is 5.95. The number of nitrogens with zero attached hydrogens (tertiary/aromatic N) is 3. The van der Waals surface area contributed by atoms with E-state index >= 15 is 0 Å². The van der Waals surface area contributed by atoms with Gasteiger partial charge in [0.25, 0.3) is 0 Å².